The average molecular weight is 276 g/mol. The van der Waals surface area contributed by atoms with Crippen molar-refractivity contribution >= 4 is 29.2 Å². The fraction of sp³-hybridized carbons (Fsp3) is 0.357. The predicted molar refractivity (Wildman–Crippen MR) is 73.5 cm³/mol. The van der Waals surface area contributed by atoms with Crippen molar-refractivity contribution in [2.45, 2.75) is 25.7 Å². The van der Waals surface area contributed by atoms with Crippen LogP contribution in [0.3, 0.4) is 0 Å². The molecule has 0 spiro atoms. The van der Waals surface area contributed by atoms with Crippen LogP contribution in [0.25, 0.3) is 0 Å². The van der Waals surface area contributed by atoms with Crippen molar-refractivity contribution in [3.63, 3.8) is 0 Å². The third-order valence-corrected chi connectivity index (χ3v) is 3.10. The highest BCUT2D eigenvalue weighted by atomic mass is 16.4. The molecule has 0 unspecified atom stereocenters. The Morgan fingerprint density at radius 2 is 1.90 bits per heavy atom. The Bertz CT molecular complexity index is 542. The molecule has 0 aliphatic carbocycles. The minimum Gasteiger partial charge on any atom is -0.481 e. The summed E-state index contributed by atoms with van der Waals surface area (Å²) in [7, 11) is 0. The standard InChI is InChI=1S/C14H16N2O4/c17-12-9-16(11-6-2-1-5-10(11)15-12)13(18)7-3-4-8-14(19)20/h1-2,5-6H,3-4,7-9H2,(H,15,17)(H,19,20). The van der Waals surface area contributed by atoms with Gasteiger partial charge in [-0.15, -0.1) is 0 Å². The number of para-hydroxylation sites is 2. The molecule has 2 N–H and O–H groups in total. The lowest BCUT2D eigenvalue weighted by molar-refractivity contribution is -0.137. The summed E-state index contributed by atoms with van der Waals surface area (Å²) in [4.78, 5) is 35.6. The molecule has 0 aromatic heterocycles. The average Bonchev–Trinajstić information content (AvgIpc) is 2.42. The third-order valence-electron chi connectivity index (χ3n) is 3.10. The summed E-state index contributed by atoms with van der Waals surface area (Å²) in [5.74, 6) is -1.24. The van der Waals surface area contributed by atoms with Crippen molar-refractivity contribution in [1.82, 2.24) is 0 Å². The number of nitrogens with one attached hydrogen (secondary N) is 1. The molecule has 6 nitrogen and oxygen atoms in total. The van der Waals surface area contributed by atoms with Gasteiger partial charge in [-0.25, -0.2) is 0 Å². The van der Waals surface area contributed by atoms with Gasteiger partial charge in [-0.2, -0.15) is 0 Å². The number of fused-ring (bicyclic) bond motifs is 1. The fourth-order valence-electron chi connectivity index (χ4n) is 2.14. The third kappa shape index (κ3) is 3.34. The number of rotatable bonds is 5. The van der Waals surface area contributed by atoms with Crippen LogP contribution in [-0.2, 0) is 14.4 Å². The Kier molecular flexibility index (Phi) is 4.34. The van der Waals surface area contributed by atoms with Gasteiger partial charge in [0, 0.05) is 12.8 Å². The molecule has 6 heteroatoms. The van der Waals surface area contributed by atoms with E-state index < -0.39 is 5.97 Å². The van der Waals surface area contributed by atoms with E-state index in [-0.39, 0.29) is 31.2 Å². The Labute approximate surface area is 116 Å². The summed E-state index contributed by atoms with van der Waals surface area (Å²) in [5.41, 5.74) is 1.32. The highest BCUT2D eigenvalue weighted by Crippen LogP contribution is 2.29. The van der Waals surface area contributed by atoms with E-state index in [4.69, 9.17) is 5.11 Å². The molecule has 1 heterocycles. The minimum absolute atomic E-state index is 0.00871. The second-order valence-corrected chi connectivity index (χ2v) is 4.65. The number of carbonyl (C=O) groups is 3. The molecule has 0 saturated carbocycles. The molecule has 106 valence electrons. The summed E-state index contributed by atoms with van der Waals surface area (Å²) < 4.78 is 0. The van der Waals surface area contributed by atoms with E-state index in [0.29, 0.717) is 24.2 Å². The van der Waals surface area contributed by atoms with E-state index in [0.717, 1.165) is 0 Å². The number of unbranched alkanes of at least 4 members (excludes halogenated alkanes) is 1. The van der Waals surface area contributed by atoms with Gasteiger partial charge in [0.25, 0.3) is 0 Å². The van der Waals surface area contributed by atoms with Gasteiger partial charge in [0.2, 0.25) is 11.8 Å². The molecule has 1 aliphatic rings. The van der Waals surface area contributed by atoms with Crippen molar-refractivity contribution in [1.29, 1.82) is 0 Å². The summed E-state index contributed by atoms with van der Waals surface area (Å²) >= 11 is 0. The maximum Gasteiger partial charge on any atom is 0.303 e. The first-order valence-corrected chi connectivity index (χ1v) is 6.49. The second-order valence-electron chi connectivity index (χ2n) is 4.65. The normalized spacial score (nSPS) is 13.6. The molecule has 0 radical (unpaired) electrons. The van der Waals surface area contributed by atoms with E-state index in [1.165, 1.54) is 4.90 Å². The van der Waals surface area contributed by atoms with Gasteiger partial charge in [-0.1, -0.05) is 12.1 Å². The van der Waals surface area contributed by atoms with Crippen LogP contribution in [0.1, 0.15) is 25.7 Å². The lowest BCUT2D eigenvalue weighted by Crippen LogP contribution is -2.42. The van der Waals surface area contributed by atoms with Crippen LogP contribution in [0.2, 0.25) is 0 Å². The van der Waals surface area contributed by atoms with E-state index in [2.05, 4.69) is 5.32 Å². The van der Waals surface area contributed by atoms with Crippen molar-refractivity contribution in [3.05, 3.63) is 24.3 Å². The minimum atomic E-state index is -0.861. The number of benzene rings is 1. The van der Waals surface area contributed by atoms with Gasteiger partial charge < -0.3 is 15.3 Å². The zero-order valence-electron chi connectivity index (χ0n) is 11.0. The van der Waals surface area contributed by atoms with Crippen LogP contribution in [-0.4, -0.2) is 29.4 Å². The molecular formula is C14H16N2O4. The molecule has 2 rings (SSSR count). The molecule has 0 bridgehead atoms. The number of nitrogens with zero attached hydrogens (tertiary/aromatic N) is 1. The van der Waals surface area contributed by atoms with Crippen LogP contribution >= 0.6 is 0 Å². The first-order valence-electron chi connectivity index (χ1n) is 6.49. The second kappa shape index (κ2) is 6.18. The monoisotopic (exact) mass is 276 g/mol. The molecule has 1 aromatic carbocycles. The van der Waals surface area contributed by atoms with Crippen LogP contribution in [0, 0.1) is 0 Å². The van der Waals surface area contributed by atoms with Crippen molar-refractivity contribution in [2.75, 3.05) is 16.8 Å². The number of carbonyl (C=O) groups excluding carboxylic acids is 2. The smallest absolute Gasteiger partial charge is 0.303 e. The topological polar surface area (TPSA) is 86.7 Å². The Balaban J connectivity index is 1.99. The van der Waals surface area contributed by atoms with Crippen LogP contribution in [0.4, 0.5) is 11.4 Å². The number of hydrogen-bond acceptors (Lipinski definition) is 3. The Morgan fingerprint density at radius 1 is 1.20 bits per heavy atom. The van der Waals surface area contributed by atoms with Gasteiger partial charge in [-0.05, 0) is 25.0 Å². The van der Waals surface area contributed by atoms with Crippen LogP contribution in [0.15, 0.2) is 24.3 Å². The molecule has 1 aromatic rings. The van der Waals surface area contributed by atoms with Gasteiger partial charge in [0.15, 0.2) is 0 Å². The molecule has 20 heavy (non-hydrogen) atoms. The van der Waals surface area contributed by atoms with Gasteiger partial charge in [-0.3, -0.25) is 14.4 Å². The number of carboxylic acid groups (broad SMARTS) is 1. The predicted octanol–water partition coefficient (Wildman–Crippen LogP) is 1.62. The SMILES string of the molecule is O=C(O)CCCCC(=O)N1CC(=O)Nc2ccccc21. The highest BCUT2D eigenvalue weighted by Gasteiger charge is 2.25. The van der Waals surface area contributed by atoms with Crippen LogP contribution in [0.5, 0.6) is 0 Å². The maximum absolute atomic E-state index is 12.1. The number of hydrogen-bond donors (Lipinski definition) is 2. The number of carboxylic acids is 1. The summed E-state index contributed by atoms with van der Waals surface area (Å²) in [5, 5.41) is 11.3. The first kappa shape index (κ1) is 14.0. The summed E-state index contributed by atoms with van der Waals surface area (Å²) in [6.07, 6.45) is 1.27. The molecule has 0 atom stereocenters. The summed E-state index contributed by atoms with van der Waals surface area (Å²) in [6.45, 7) is 0.00871. The quantitative estimate of drug-likeness (QED) is 0.800. The fourth-order valence-corrected chi connectivity index (χ4v) is 2.14. The highest BCUT2D eigenvalue weighted by molar-refractivity contribution is 6.09. The molecule has 0 saturated heterocycles. The largest absolute Gasteiger partial charge is 0.481 e. The number of anilines is 2. The lowest BCUT2D eigenvalue weighted by atomic mass is 10.1. The molecule has 1 aliphatic heterocycles. The molecular weight excluding hydrogens is 260 g/mol. The van der Waals surface area contributed by atoms with Crippen LogP contribution < -0.4 is 10.2 Å². The summed E-state index contributed by atoms with van der Waals surface area (Å²) in [6, 6.07) is 7.13. The number of aliphatic carboxylic acids is 1. The van der Waals surface area contributed by atoms with E-state index in [1.807, 2.05) is 0 Å². The van der Waals surface area contributed by atoms with E-state index in [1.54, 1.807) is 24.3 Å². The van der Waals surface area contributed by atoms with E-state index >= 15 is 0 Å². The van der Waals surface area contributed by atoms with E-state index in [9.17, 15) is 14.4 Å². The Morgan fingerprint density at radius 3 is 2.65 bits per heavy atom. The van der Waals surface area contributed by atoms with Crippen molar-refractivity contribution in [3.8, 4) is 0 Å². The maximum atomic E-state index is 12.1. The Hall–Kier alpha value is -2.37. The molecule has 2 amide bonds. The zero-order valence-corrected chi connectivity index (χ0v) is 11.0. The first-order chi connectivity index (χ1) is 9.58. The van der Waals surface area contributed by atoms with Crippen molar-refractivity contribution < 1.29 is 19.5 Å². The molecule has 0 fully saturated rings. The zero-order chi connectivity index (χ0) is 14.5. The lowest BCUT2D eigenvalue weighted by Gasteiger charge is -2.29. The van der Waals surface area contributed by atoms with Crippen molar-refractivity contribution in [2.24, 2.45) is 0 Å². The number of amides is 2. The van der Waals surface area contributed by atoms with Gasteiger partial charge >= 0.3 is 5.97 Å². The van der Waals surface area contributed by atoms with Gasteiger partial charge in [0.1, 0.15) is 6.54 Å². The van der Waals surface area contributed by atoms with Gasteiger partial charge in [0.05, 0.1) is 11.4 Å².